The first-order valence-electron chi connectivity index (χ1n) is 3.26. The number of hydrogen-bond acceptors (Lipinski definition) is 3. The first-order chi connectivity index (χ1) is 4.68. The van der Waals surface area contributed by atoms with Gasteiger partial charge in [0.25, 0.3) is 0 Å². The third kappa shape index (κ3) is 3.35. The van der Waals surface area contributed by atoms with Crippen molar-refractivity contribution in [2.24, 2.45) is 0 Å². The molecule has 0 fully saturated rings. The van der Waals surface area contributed by atoms with Crippen LogP contribution in [0.2, 0.25) is 0 Å². The van der Waals surface area contributed by atoms with Gasteiger partial charge in [-0.15, -0.1) is 0 Å². The fraction of sp³-hybridized carbons (Fsp3) is 0.833. The van der Waals surface area contributed by atoms with Crippen LogP contribution in [-0.4, -0.2) is 41.9 Å². The molecular formula is C6H14O3P. The summed E-state index contributed by atoms with van der Waals surface area (Å²) in [6, 6.07) is 0. The van der Waals surface area contributed by atoms with Gasteiger partial charge in [-0.05, 0) is 6.92 Å². The van der Waals surface area contributed by atoms with Gasteiger partial charge in [0.05, 0.1) is 7.14 Å². The van der Waals surface area contributed by atoms with Crippen molar-refractivity contribution in [2.75, 3.05) is 31.7 Å². The lowest BCUT2D eigenvalue weighted by molar-refractivity contribution is 0.312. The molecule has 1 radical (unpaired) electrons. The lowest BCUT2D eigenvalue weighted by Crippen LogP contribution is -2.04. The minimum atomic E-state index is -2.31. The SMILES string of the molecule is [CH2]CP(=O)(CCO)CCO. The van der Waals surface area contributed by atoms with Crippen molar-refractivity contribution in [1.82, 2.24) is 0 Å². The Bertz CT molecular complexity index is 114. The largest absolute Gasteiger partial charge is 0.396 e. The maximum Gasteiger partial charge on any atom is 0.0922 e. The van der Waals surface area contributed by atoms with Crippen LogP contribution in [0.1, 0.15) is 0 Å². The maximum absolute atomic E-state index is 11.4. The highest BCUT2D eigenvalue weighted by atomic mass is 31.2. The number of aliphatic hydroxyl groups excluding tert-OH is 2. The van der Waals surface area contributed by atoms with Gasteiger partial charge in [-0.25, -0.2) is 0 Å². The molecule has 0 saturated carbocycles. The summed E-state index contributed by atoms with van der Waals surface area (Å²) < 4.78 is 11.4. The quantitative estimate of drug-likeness (QED) is 0.571. The van der Waals surface area contributed by atoms with E-state index in [1.54, 1.807) is 0 Å². The van der Waals surface area contributed by atoms with Crippen LogP contribution in [0.25, 0.3) is 0 Å². The molecule has 0 rings (SSSR count). The van der Waals surface area contributed by atoms with E-state index in [2.05, 4.69) is 6.92 Å². The van der Waals surface area contributed by atoms with Crippen molar-refractivity contribution in [3.63, 3.8) is 0 Å². The molecule has 4 heteroatoms. The Morgan fingerprint density at radius 1 is 1.20 bits per heavy atom. The zero-order valence-corrected chi connectivity index (χ0v) is 6.89. The Morgan fingerprint density at radius 3 is 1.80 bits per heavy atom. The second kappa shape index (κ2) is 4.89. The topological polar surface area (TPSA) is 57.5 Å². The van der Waals surface area contributed by atoms with Gasteiger partial charge in [-0.1, -0.05) is 0 Å². The van der Waals surface area contributed by atoms with Gasteiger partial charge in [0.2, 0.25) is 0 Å². The molecule has 61 valence electrons. The van der Waals surface area contributed by atoms with E-state index >= 15 is 0 Å². The average Bonchev–Trinajstić information content (AvgIpc) is 1.89. The molecule has 3 nitrogen and oxygen atoms in total. The molecule has 0 spiro atoms. The van der Waals surface area contributed by atoms with Gasteiger partial charge in [-0.2, -0.15) is 0 Å². The summed E-state index contributed by atoms with van der Waals surface area (Å²) >= 11 is 0. The second-order valence-electron chi connectivity index (χ2n) is 2.18. The molecule has 0 aromatic heterocycles. The van der Waals surface area contributed by atoms with E-state index in [0.717, 1.165) is 0 Å². The molecule has 0 heterocycles. The lowest BCUT2D eigenvalue weighted by atomic mass is 10.9. The fourth-order valence-corrected chi connectivity index (χ4v) is 2.10. The highest BCUT2D eigenvalue weighted by Crippen LogP contribution is 2.43. The highest BCUT2D eigenvalue weighted by molar-refractivity contribution is 7.64. The summed E-state index contributed by atoms with van der Waals surface area (Å²) in [7, 11) is -2.31. The normalized spacial score (nSPS) is 11.9. The molecule has 0 aromatic carbocycles. The summed E-state index contributed by atoms with van der Waals surface area (Å²) in [6.07, 6.45) is 0.905. The third-order valence-electron chi connectivity index (χ3n) is 1.42. The lowest BCUT2D eigenvalue weighted by Gasteiger charge is -2.12. The first-order valence-corrected chi connectivity index (χ1v) is 5.53. The Balaban J connectivity index is 3.83. The Hall–Kier alpha value is 0.150. The summed E-state index contributed by atoms with van der Waals surface area (Å²) in [5, 5.41) is 17.0. The van der Waals surface area contributed by atoms with E-state index in [0.29, 0.717) is 6.16 Å². The predicted octanol–water partition coefficient (Wildman–Crippen LogP) is 0.168. The Kier molecular flexibility index (Phi) is 4.96. The molecule has 0 unspecified atom stereocenters. The number of hydrogen-bond donors (Lipinski definition) is 2. The van der Waals surface area contributed by atoms with Gasteiger partial charge in [0.1, 0.15) is 0 Å². The Morgan fingerprint density at radius 2 is 1.60 bits per heavy atom. The van der Waals surface area contributed by atoms with Gasteiger partial charge in [0.15, 0.2) is 0 Å². The third-order valence-corrected chi connectivity index (χ3v) is 4.27. The van der Waals surface area contributed by atoms with E-state index in [9.17, 15) is 4.57 Å². The van der Waals surface area contributed by atoms with Crippen LogP contribution in [0.4, 0.5) is 0 Å². The van der Waals surface area contributed by atoms with Crippen molar-refractivity contribution in [3.8, 4) is 0 Å². The van der Waals surface area contributed by atoms with Crippen LogP contribution >= 0.6 is 7.14 Å². The predicted molar refractivity (Wildman–Crippen MR) is 41.7 cm³/mol. The van der Waals surface area contributed by atoms with Crippen LogP contribution in [-0.2, 0) is 4.57 Å². The molecule has 0 atom stereocenters. The average molecular weight is 165 g/mol. The van der Waals surface area contributed by atoms with E-state index in [-0.39, 0.29) is 25.5 Å². The summed E-state index contributed by atoms with van der Waals surface area (Å²) in [5.41, 5.74) is 0. The molecule has 0 bridgehead atoms. The molecule has 2 N–H and O–H groups in total. The summed E-state index contributed by atoms with van der Waals surface area (Å²) in [4.78, 5) is 0. The fourth-order valence-electron chi connectivity index (χ4n) is 0.700. The summed E-state index contributed by atoms with van der Waals surface area (Å²) in [5.74, 6) is 0. The van der Waals surface area contributed by atoms with Gasteiger partial charge < -0.3 is 14.8 Å². The van der Waals surface area contributed by atoms with Crippen LogP contribution in [0.15, 0.2) is 0 Å². The minimum Gasteiger partial charge on any atom is -0.396 e. The van der Waals surface area contributed by atoms with E-state index in [1.165, 1.54) is 0 Å². The Labute approximate surface area is 61.4 Å². The van der Waals surface area contributed by atoms with E-state index < -0.39 is 7.14 Å². The zero-order chi connectivity index (χ0) is 8.04. The molecule has 0 aromatic rings. The standard InChI is InChI=1S/C6H14O3P/c1-2-10(9,5-3-7)6-4-8/h7-8H,1-6H2. The second-order valence-corrected chi connectivity index (χ2v) is 5.63. The van der Waals surface area contributed by atoms with Crippen LogP contribution < -0.4 is 0 Å². The summed E-state index contributed by atoms with van der Waals surface area (Å²) in [6.45, 7) is 3.36. The van der Waals surface area contributed by atoms with Gasteiger partial charge >= 0.3 is 0 Å². The number of aliphatic hydroxyl groups is 2. The van der Waals surface area contributed by atoms with Crippen molar-refractivity contribution in [1.29, 1.82) is 0 Å². The van der Waals surface area contributed by atoms with E-state index in [1.807, 2.05) is 0 Å². The molecule has 10 heavy (non-hydrogen) atoms. The molecule has 0 amide bonds. The molecule has 0 aliphatic heterocycles. The molecule has 0 aliphatic rings. The molecule has 0 saturated heterocycles. The van der Waals surface area contributed by atoms with Gasteiger partial charge in [0, 0.05) is 31.7 Å². The van der Waals surface area contributed by atoms with Crippen molar-refractivity contribution in [2.45, 2.75) is 0 Å². The molecular weight excluding hydrogens is 151 g/mol. The van der Waals surface area contributed by atoms with Crippen LogP contribution in [0, 0.1) is 6.92 Å². The molecule has 0 aliphatic carbocycles. The van der Waals surface area contributed by atoms with Crippen LogP contribution in [0.3, 0.4) is 0 Å². The number of rotatable bonds is 5. The van der Waals surface area contributed by atoms with Crippen molar-refractivity contribution < 1.29 is 14.8 Å². The van der Waals surface area contributed by atoms with Crippen molar-refractivity contribution in [3.05, 3.63) is 6.92 Å². The van der Waals surface area contributed by atoms with Crippen LogP contribution in [0.5, 0.6) is 0 Å². The highest BCUT2D eigenvalue weighted by Gasteiger charge is 2.17. The monoisotopic (exact) mass is 165 g/mol. The van der Waals surface area contributed by atoms with Crippen molar-refractivity contribution >= 4 is 7.14 Å². The smallest absolute Gasteiger partial charge is 0.0922 e. The minimum absolute atomic E-state index is 0.0766. The zero-order valence-electron chi connectivity index (χ0n) is 5.99. The first kappa shape index (κ1) is 10.2. The van der Waals surface area contributed by atoms with Gasteiger partial charge in [-0.3, -0.25) is 0 Å². The maximum atomic E-state index is 11.4. The van der Waals surface area contributed by atoms with E-state index in [4.69, 9.17) is 10.2 Å².